The summed E-state index contributed by atoms with van der Waals surface area (Å²) in [6.45, 7) is 14.4. The van der Waals surface area contributed by atoms with Crippen LogP contribution < -0.4 is 5.32 Å². The summed E-state index contributed by atoms with van der Waals surface area (Å²) in [5.41, 5.74) is 0.587. The van der Waals surface area contributed by atoms with Crippen LogP contribution in [-0.2, 0) is 0 Å². The highest BCUT2D eigenvalue weighted by Crippen LogP contribution is 2.38. The first-order chi connectivity index (χ1) is 8.39. The van der Waals surface area contributed by atoms with E-state index in [4.69, 9.17) is 0 Å². The van der Waals surface area contributed by atoms with Crippen LogP contribution in [0.4, 0.5) is 0 Å². The Bertz CT molecular complexity index is 262. The van der Waals surface area contributed by atoms with Crippen LogP contribution in [0.5, 0.6) is 0 Å². The second-order valence-corrected chi connectivity index (χ2v) is 7.71. The fourth-order valence-corrected chi connectivity index (χ4v) is 3.71. The molecule has 0 spiro atoms. The average molecular weight is 252 g/mol. The Labute approximate surface area is 114 Å². The lowest BCUT2D eigenvalue weighted by Gasteiger charge is -2.48. The number of piperazine rings is 1. The molecule has 0 radical (unpaired) electrons. The Morgan fingerprint density at radius 2 is 1.78 bits per heavy atom. The molecule has 0 aromatic carbocycles. The normalized spacial score (nSPS) is 35.0. The Morgan fingerprint density at radius 3 is 2.33 bits per heavy atom. The minimum atomic E-state index is 0.587. The summed E-state index contributed by atoms with van der Waals surface area (Å²) in [7, 11) is 0. The zero-order valence-corrected chi connectivity index (χ0v) is 13.0. The summed E-state index contributed by atoms with van der Waals surface area (Å²) < 4.78 is 0. The van der Waals surface area contributed by atoms with Gasteiger partial charge in [-0.1, -0.05) is 27.7 Å². The fourth-order valence-electron chi connectivity index (χ4n) is 3.71. The molecule has 2 atom stereocenters. The molecule has 2 rings (SSSR count). The molecular formula is C16H32N2. The van der Waals surface area contributed by atoms with Crippen molar-refractivity contribution < 1.29 is 0 Å². The summed E-state index contributed by atoms with van der Waals surface area (Å²) in [4.78, 5) is 2.83. The second kappa shape index (κ2) is 5.50. The zero-order valence-electron chi connectivity index (χ0n) is 13.0. The van der Waals surface area contributed by atoms with E-state index >= 15 is 0 Å². The van der Waals surface area contributed by atoms with Crippen LogP contribution in [0, 0.1) is 11.3 Å². The van der Waals surface area contributed by atoms with Crippen molar-refractivity contribution in [2.45, 2.75) is 78.4 Å². The van der Waals surface area contributed by atoms with Crippen LogP contribution in [0.3, 0.4) is 0 Å². The summed E-state index contributed by atoms with van der Waals surface area (Å²) in [6, 6.07) is 2.25. The lowest BCUT2D eigenvalue weighted by Crippen LogP contribution is -2.60. The molecule has 1 aliphatic heterocycles. The summed E-state index contributed by atoms with van der Waals surface area (Å²) in [6.07, 6.45) is 5.62. The quantitative estimate of drug-likeness (QED) is 0.811. The number of nitrogens with zero attached hydrogens (tertiary/aromatic N) is 1. The Balaban J connectivity index is 2.00. The smallest absolute Gasteiger partial charge is 0.0247 e. The minimum Gasteiger partial charge on any atom is -0.311 e. The van der Waals surface area contributed by atoms with Gasteiger partial charge in [0.25, 0.3) is 0 Å². The van der Waals surface area contributed by atoms with Gasteiger partial charge in [-0.3, -0.25) is 4.90 Å². The van der Waals surface area contributed by atoms with Gasteiger partial charge in [-0.25, -0.2) is 0 Å². The third-order valence-corrected chi connectivity index (χ3v) is 5.13. The van der Waals surface area contributed by atoms with E-state index in [1.807, 2.05) is 0 Å². The topological polar surface area (TPSA) is 15.3 Å². The van der Waals surface area contributed by atoms with Crippen molar-refractivity contribution in [3.8, 4) is 0 Å². The molecule has 1 aliphatic carbocycles. The van der Waals surface area contributed by atoms with Crippen molar-refractivity contribution in [1.82, 2.24) is 10.2 Å². The second-order valence-electron chi connectivity index (χ2n) is 7.71. The molecule has 2 aliphatic rings. The van der Waals surface area contributed by atoms with Crippen LogP contribution in [0.1, 0.15) is 60.3 Å². The monoisotopic (exact) mass is 252 g/mol. The lowest BCUT2D eigenvalue weighted by atomic mass is 9.74. The lowest BCUT2D eigenvalue weighted by molar-refractivity contribution is 0.0244. The van der Waals surface area contributed by atoms with E-state index in [2.05, 4.69) is 44.8 Å². The van der Waals surface area contributed by atoms with E-state index in [0.717, 1.165) is 18.0 Å². The number of nitrogens with one attached hydrogen (secondary N) is 1. The molecule has 1 heterocycles. The van der Waals surface area contributed by atoms with Crippen molar-refractivity contribution in [1.29, 1.82) is 0 Å². The van der Waals surface area contributed by atoms with E-state index < -0.39 is 0 Å². The molecule has 1 saturated carbocycles. The highest BCUT2D eigenvalue weighted by Gasteiger charge is 2.36. The first-order valence-electron chi connectivity index (χ1n) is 7.88. The number of hydrogen-bond acceptors (Lipinski definition) is 2. The van der Waals surface area contributed by atoms with E-state index in [0.29, 0.717) is 11.5 Å². The van der Waals surface area contributed by atoms with Gasteiger partial charge in [-0.2, -0.15) is 0 Å². The number of rotatable bonds is 2. The molecule has 0 aromatic heterocycles. The molecule has 0 aromatic rings. The van der Waals surface area contributed by atoms with Gasteiger partial charge in [0.1, 0.15) is 0 Å². The van der Waals surface area contributed by atoms with Gasteiger partial charge in [0.05, 0.1) is 0 Å². The molecule has 2 fully saturated rings. The minimum absolute atomic E-state index is 0.587. The molecule has 18 heavy (non-hydrogen) atoms. The molecule has 2 heteroatoms. The van der Waals surface area contributed by atoms with Crippen LogP contribution in [0.2, 0.25) is 0 Å². The molecule has 0 bridgehead atoms. The van der Waals surface area contributed by atoms with Gasteiger partial charge in [-0.15, -0.1) is 0 Å². The number of hydrogen-bond donors (Lipinski definition) is 1. The predicted molar refractivity (Wildman–Crippen MR) is 78.8 cm³/mol. The first kappa shape index (κ1) is 14.3. The maximum Gasteiger partial charge on any atom is 0.0247 e. The predicted octanol–water partition coefficient (Wildman–Crippen LogP) is 3.27. The van der Waals surface area contributed by atoms with Gasteiger partial charge in [0, 0.05) is 31.2 Å². The fraction of sp³-hybridized carbons (Fsp3) is 1.00. The molecule has 2 unspecified atom stereocenters. The van der Waals surface area contributed by atoms with Crippen LogP contribution in [0.15, 0.2) is 0 Å². The van der Waals surface area contributed by atoms with Gasteiger partial charge in [-0.05, 0) is 43.9 Å². The van der Waals surface area contributed by atoms with Crippen LogP contribution in [-0.4, -0.2) is 36.1 Å². The van der Waals surface area contributed by atoms with Crippen molar-refractivity contribution >= 4 is 0 Å². The summed E-state index contributed by atoms with van der Waals surface area (Å²) in [5, 5.41) is 3.66. The molecule has 0 amide bonds. The maximum atomic E-state index is 3.66. The van der Waals surface area contributed by atoms with Crippen molar-refractivity contribution in [2.75, 3.05) is 13.1 Å². The van der Waals surface area contributed by atoms with Crippen LogP contribution >= 0.6 is 0 Å². The van der Waals surface area contributed by atoms with Crippen molar-refractivity contribution in [2.24, 2.45) is 11.3 Å². The molecular weight excluding hydrogens is 220 g/mol. The van der Waals surface area contributed by atoms with Crippen molar-refractivity contribution in [3.63, 3.8) is 0 Å². The van der Waals surface area contributed by atoms with Gasteiger partial charge < -0.3 is 5.32 Å². The molecule has 106 valence electrons. The third kappa shape index (κ3) is 3.27. The first-order valence-corrected chi connectivity index (χ1v) is 7.88. The highest BCUT2D eigenvalue weighted by molar-refractivity contribution is 4.92. The van der Waals surface area contributed by atoms with Crippen LogP contribution in [0.25, 0.3) is 0 Å². The maximum absolute atomic E-state index is 3.66. The van der Waals surface area contributed by atoms with E-state index in [1.54, 1.807) is 0 Å². The van der Waals surface area contributed by atoms with E-state index in [9.17, 15) is 0 Å². The Morgan fingerprint density at radius 1 is 1.17 bits per heavy atom. The molecule has 1 N–H and O–H groups in total. The van der Waals surface area contributed by atoms with Gasteiger partial charge in [0.15, 0.2) is 0 Å². The zero-order chi connectivity index (χ0) is 13.3. The average Bonchev–Trinajstić information content (AvgIpc) is 2.28. The van der Waals surface area contributed by atoms with E-state index in [1.165, 1.54) is 38.8 Å². The highest BCUT2D eigenvalue weighted by atomic mass is 15.3. The Kier molecular flexibility index (Phi) is 4.38. The Hall–Kier alpha value is -0.0800. The summed E-state index contributed by atoms with van der Waals surface area (Å²) in [5.74, 6) is 0.764. The third-order valence-electron chi connectivity index (χ3n) is 5.13. The summed E-state index contributed by atoms with van der Waals surface area (Å²) >= 11 is 0. The van der Waals surface area contributed by atoms with Gasteiger partial charge in [0.2, 0.25) is 0 Å². The standard InChI is InChI=1S/C16H32N2/c1-12(2)15-10-17-13(3)11-18(15)14-6-8-16(4,5)9-7-14/h12-15,17H,6-11H2,1-5H3. The molecule has 1 saturated heterocycles. The largest absolute Gasteiger partial charge is 0.311 e. The van der Waals surface area contributed by atoms with E-state index in [-0.39, 0.29) is 0 Å². The molecule has 2 nitrogen and oxygen atoms in total. The van der Waals surface area contributed by atoms with Gasteiger partial charge >= 0.3 is 0 Å². The SMILES string of the molecule is CC1CN(C2CCC(C)(C)CC2)C(C(C)C)CN1. The van der Waals surface area contributed by atoms with Crippen molar-refractivity contribution in [3.05, 3.63) is 0 Å².